The Labute approximate surface area is 135 Å². The molecule has 1 heterocycles. The maximum Gasteiger partial charge on any atom is 0.251 e. The van der Waals surface area contributed by atoms with E-state index in [0.717, 1.165) is 5.75 Å². The van der Waals surface area contributed by atoms with E-state index in [2.05, 4.69) is 5.32 Å². The van der Waals surface area contributed by atoms with Gasteiger partial charge in [-0.25, -0.2) is 0 Å². The molecule has 0 saturated heterocycles. The van der Waals surface area contributed by atoms with E-state index in [4.69, 9.17) is 14.2 Å². The lowest BCUT2D eigenvalue weighted by molar-refractivity contribution is 0.0925. The molecule has 0 spiro atoms. The summed E-state index contributed by atoms with van der Waals surface area (Å²) in [6, 6.07) is 14.6. The molecule has 1 amide bonds. The van der Waals surface area contributed by atoms with Crippen molar-refractivity contribution < 1.29 is 19.0 Å². The number of hydrogen-bond acceptors (Lipinski definition) is 4. The summed E-state index contributed by atoms with van der Waals surface area (Å²) in [5.41, 5.74) is 0.542. The van der Waals surface area contributed by atoms with Gasteiger partial charge in [0.2, 0.25) is 0 Å². The molecular formula is C18H19NO4. The molecule has 120 valence electrons. The van der Waals surface area contributed by atoms with Gasteiger partial charge in [-0.2, -0.15) is 0 Å². The molecule has 5 nitrogen and oxygen atoms in total. The van der Waals surface area contributed by atoms with Crippen molar-refractivity contribution in [1.82, 2.24) is 5.32 Å². The molecule has 5 heteroatoms. The third kappa shape index (κ3) is 3.94. The smallest absolute Gasteiger partial charge is 0.251 e. The van der Waals surface area contributed by atoms with Crippen LogP contribution in [0.5, 0.6) is 17.2 Å². The number of carbonyl (C=O) groups is 1. The Hall–Kier alpha value is -2.69. The van der Waals surface area contributed by atoms with Crippen LogP contribution in [0.1, 0.15) is 17.3 Å². The lowest BCUT2D eigenvalue weighted by Gasteiger charge is -2.19. The molecule has 0 aromatic heterocycles. The highest BCUT2D eigenvalue weighted by atomic mass is 16.6. The van der Waals surface area contributed by atoms with Crippen LogP contribution in [0.15, 0.2) is 48.5 Å². The van der Waals surface area contributed by atoms with Crippen LogP contribution in [-0.2, 0) is 0 Å². The first kappa shape index (κ1) is 15.2. The second-order valence-corrected chi connectivity index (χ2v) is 5.36. The second kappa shape index (κ2) is 7.05. The number of nitrogens with one attached hydrogen (secondary N) is 1. The Morgan fingerprint density at radius 3 is 2.65 bits per heavy atom. The summed E-state index contributed by atoms with van der Waals surface area (Å²) in [4.78, 5) is 12.3. The molecule has 1 aliphatic heterocycles. The lowest BCUT2D eigenvalue weighted by atomic mass is 10.1. The fraction of sp³-hybridized carbons (Fsp3) is 0.278. The molecule has 0 saturated carbocycles. The number of hydrogen-bond donors (Lipinski definition) is 1. The van der Waals surface area contributed by atoms with Crippen molar-refractivity contribution in [3.8, 4) is 17.2 Å². The average molecular weight is 313 g/mol. The van der Waals surface area contributed by atoms with Crippen LogP contribution in [0.4, 0.5) is 0 Å². The van der Waals surface area contributed by atoms with Gasteiger partial charge in [0, 0.05) is 5.56 Å². The molecular weight excluding hydrogens is 294 g/mol. The minimum absolute atomic E-state index is 0.115. The zero-order valence-electron chi connectivity index (χ0n) is 13.0. The van der Waals surface area contributed by atoms with E-state index in [0.29, 0.717) is 36.9 Å². The molecule has 0 aliphatic carbocycles. The van der Waals surface area contributed by atoms with E-state index in [1.807, 2.05) is 37.3 Å². The van der Waals surface area contributed by atoms with Crippen LogP contribution in [0.3, 0.4) is 0 Å². The summed E-state index contributed by atoms with van der Waals surface area (Å²) in [7, 11) is 0. The minimum Gasteiger partial charge on any atom is -0.491 e. The number of ether oxygens (including phenoxy) is 3. The summed E-state index contributed by atoms with van der Waals surface area (Å²) in [6.45, 7) is 3.34. The summed E-state index contributed by atoms with van der Waals surface area (Å²) >= 11 is 0. The number of carbonyl (C=O) groups excluding carboxylic acids is 1. The average Bonchev–Trinajstić information content (AvgIpc) is 2.60. The summed E-state index contributed by atoms with van der Waals surface area (Å²) in [6.07, 6.45) is 0. The van der Waals surface area contributed by atoms with E-state index in [1.54, 1.807) is 18.2 Å². The third-order valence-electron chi connectivity index (χ3n) is 3.43. The van der Waals surface area contributed by atoms with Gasteiger partial charge in [-0.05, 0) is 37.3 Å². The van der Waals surface area contributed by atoms with Crippen LogP contribution in [0, 0.1) is 0 Å². The number of fused-ring (bicyclic) bond motifs is 1. The van der Waals surface area contributed by atoms with Crippen molar-refractivity contribution in [3.63, 3.8) is 0 Å². The monoisotopic (exact) mass is 313 g/mol. The number of rotatable bonds is 5. The van der Waals surface area contributed by atoms with Crippen molar-refractivity contribution in [2.75, 3.05) is 19.8 Å². The van der Waals surface area contributed by atoms with Crippen LogP contribution >= 0.6 is 0 Å². The van der Waals surface area contributed by atoms with Gasteiger partial charge >= 0.3 is 0 Å². The fourth-order valence-electron chi connectivity index (χ4n) is 2.27. The zero-order chi connectivity index (χ0) is 16.1. The van der Waals surface area contributed by atoms with Gasteiger partial charge in [0.15, 0.2) is 11.5 Å². The topological polar surface area (TPSA) is 56.8 Å². The standard InChI is InChI=1S/C18H19NO4/c1-13(12-23-15-5-3-2-4-6-15)19-18(20)14-7-8-16-17(11-14)22-10-9-21-16/h2-8,11,13H,9-10,12H2,1H3,(H,19,20)/t13-/m0/s1. The van der Waals surface area contributed by atoms with E-state index in [1.165, 1.54) is 0 Å². The molecule has 1 N–H and O–H groups in total. The van der Waals surface area contributed by atoms with Gasteiger partial charge in [-0.1, -0.05) is 18.2 Å². The molecule has 3 rings (SSSR count). The maximum absolute atomic E-state index is 12.3. The largest absolute Gasteiger partial charge is 0.491 e. The Kier molecular flexibility index (Phi) is 4.66. The molecule has 0 fully saturated rings. The second-order valence-electron chi connectivity index (χ2n) is 5.36. The zero-order valence-corrected chi connectivity index (χ0v) is 13.0. The molecule has 2 aromatic carbocycles. The summed E-state index contributed by atoms with van der Waals surface area (Å²) < 4.78 is 16.6. The Morgan fingerprint density at radius 1 is 1.13 bits per heavy atom. The van der Waals surface area contributed by atoms with Crippen LogP contribution in [-0.4, -0.2) is 31.8 Å². The van der Waals surface area contributed by atoms with Gasteiger partial charge < -0.3 is 19.5 Å². The first-order valence-electron chi connectivity index (χ1n) is 7.61. The van der Waals surface area contributed by atoms with Crippen molar-refractivity contribution in [1.29, 1.82) is 0 Å². The van der Waals surface area contributed by atoms with Crippen LogP contribution in [0.25, 0.3) is 0 Å². The molecule has 23 heavy (non-hydrogen) atoms. The molecule has 0 radical (unpaired) electrons. The van der Waals surface area contributed by atoms with Gasteiger partial charge in [-0.15, -0.1) is 0 Å². The van der Waals surface area contributed by atoms with E-state index >= 15 is 0 Å². The van der Waals surface area contributed by atoms with Crippen LogP contribution in [0.2, 0.25) is 0 Å². The predicted molar refractivity (Wildman–Crippen MR) is 86.3 cm³/mol. The van der Waals surface area contributed by atoms with Crippen molar-refractivity contribution in [3.05, 3.63) is 54.1 Å². The SMILES string of the molecule is C[C@@H](COc1ccccc1)NC(=O)c1ccc2c(c1)OCCO2. The third-order valence-corrected chi connectivity index (χ3v) is 3.43. The lowest BCUT2D eigenvalue weighted by Crippen LogP contribution is -2.36. The van der Waals surface area contributed by atoms with Gasteiger partial charge in [-0.3, -0.25) is 4.79 Å². The molecule has 1 atom stereocenters. The van der Waals surface area contributed by atoms with Gasteiger partial charge in [0.25, 0.3) is 5.91 Å². The van der Waals surface area contributed by atoms with Crippen molar-refractivity contribution in [2.45, 2.75) is 13.0 Å². The van der Waals surface area contributed by atoms with Crippen molar-refractivity contribution in [2.24, 2.45) is 0 Å². The molecule has 2 aromatic rings. The summed E-state index contributed by atoms with van der Waals surface area (Å²) in [5, 5.41) is 2.91. The quantitative estimate of drug-likeness (QED) is 0.922. The first-order chi connectivity index (χ1) is 11.2. The highest BCUT2D eigenvalue weighted by Crippen LogP contribution is 2.30. The predicted octanol–water partition coefficient (Wildman–Crippen LogP) is 2.66. The van der Waals surface area contributed by atoms with Gasteiger partial charge in [0.1, 0.15) is 25.6 Å². The fourth-order valence-corrected chi connectivity index (χ4v) is 2.27. The number of para-hydroxylation sites is 1. The summed E-state index contributed by atoms with van der Waals surface area (Å²) in [5.74, 6) is 1.91. The minimum atomic E-state index is -0.161. The van der Waals surface area contributed by atoms with Crippen LogP contribution < -0.4 is 19.5 Å². The van der Waals surface area contributed by atoms with Crippen molar-refractivity contribution >= 4 is 5.91 Å². The van der Waals surface area contributed by atoms with E-state index in [-0.39, 0.29) is 11.9 Å². The van der Waals surface area contributed by atoms with E-state index in [9.17, 15) is 4.79 Å². The molecule has 0 unspecified atom stereocenters. The van der Waals surface area contributed by atoms with E-state index < -0.39 is 0 Å². The molecule has 1 aliphatic rings. The Balaban J connectivity index is 1.56. The van der Waals surface area contributed by atoms with Gasteiger partial charge in [0.05, 0.1) is 6.04 Å². The highest BCUT2D eigenvalue weighted by molar-refractivity contribution is 5.95. The first-order valence-corrected chi connectivity index (χ1v) is 7.61. The normalized spacial score (nSPS) is 14.0. The maximum atomic E-state index is 12.3. The Morgan fingerprint density at radius 2 is 1.87 bits per heavy atom. The number of amides is 1. The Bertz CT molecular complexity index is 672. The number of benzene rings is 2. The highest BCUT2D eigenvalue weighted by Gasteiger charge is 2.16. The molecule has 0 bridgehead atoms.